The molecule has 0 unspecified atom stereocenters. The first-order valence-electron chi connectivity index (χ1n) is 7.34. The number of rotatable bonds is 2. The first kappa shape index (κ1) is 15.4. The molecule has 0 saturated carbocycles. The Bertz CT molecular complexity index is 1090. The van der Waals surface area contributed by atoms with Gasteiger partial charge in [0.05, 0.1) is 11.1 Å². The molecule has 0 bridgehead atoms. The largest absolute Gasteiger partial charge is 0.312 e. The topological polar surface area (TPSA) is 117 Å². The molecule has 0 aromatic carbocycles. The van der Waals surface area contributed by atoms with E-state index >= 15 is 0 Å². The van der Waals surface area contributed by atoms with Crippen LogP contribution in [0.15, 0.2) is 22.0 Å². The van der Waals surface area contributed by atoms with E-state index in [4.69, 9.17) is 0 Å². The average Bonchev–Trinajstić information content (AvgIpc) is 2.62. The minimum atomic E-state index is -0.413. The number of hydrogen-bond donors (Lipinski definition) is 0. The maximum absolute atomic E-state index is 12.5. The van der Waals surface area contributed by atoms with Crippen LogP contribution >= 0.6 is 0 Å². The lowest BCUT2D eigenvalue weighted by Crippen LogP contribution is -2.24. The molecule has 0 aliphatic rings. The first-order valence-corrected chi connectivity index (χ1v) is 7.34. The highest BCUT2D eigenvalue weighted by Crippen LogP contribution is 2.17. The monoisotopic (exact) mass is 320 g/mol. The van der Waals surface area contributed by atoms with Crippen molar-refractivity contribution < 1.29 is 0 Å². The van der Waals surface area contributed by atoms with Gasteiger partial charge in [0.25, 0.3) is 11.1 Å². The van der Waals surface area contributed by atoms with Gasteiger partial charge in [0.2, 0.25) is 0 Å². The molecule has 8 nitrogen and oxygen atoms in total. The van der Waals surface area contributed by atoms with Crippen LogP contribution in [0.2, 0.25) is 0 Å². The molecule has 118 valence electrons. The van der Waals surface area contributed by atoms with E-state index in [1.165, 1.54) is 21.5 Å². The van der Waals surface area contributed by atoms with Crippen molar-refractivity contribution in [2.24, 2.45) is 0 Å². The van der Waals surface area contributed by atoms with Crippen LogP contribution in [0.3, 0.4) is 0 Å². The maximum Gasteiger partial charge on any atom is 0.278 e. The van der Waals surface area contributed by atoms with Crippen LogP contribution in [0.5, 0.6) is 0 Å². The molecule has 0 saturated heterocycles. The van der Waals surface area contributed by atoms with E-state index in [1.807, 2.05) is 12.1 Å². The van der Waals surface area contributed by atoms with Crippen LogP contribution < -0.4 is 11.1 Å². The highest BCUT2D eigenvalue weighted by molar-refractivity contribution is 5.90. The van der Waals surface area contributed by atoms with Crippen molar-refractivity contribution in [2.75, 3.05) is 0 Å². The zero-order valence-corrected chi connectivity index (χ0v) is 13.1. The standard InChI is InChI=1S/C16H12N6O2/c1-3-21-7-9(5-17)11-13(15(21)23)19-12-10(6-18)8-22(4-2)16(24)14(12)20-11/h7-8H,3-4H2,1-2H3. The van der Waals surface area contributed by atoms with Gasteiger partial charge in [0.1, 0.15) is 23.2 Å². The van der Waals surface area contributed by atoms with Crippen LogP contribution in [-0.2, 0) is 13.1 Å². The van der Waals surface area contributed by atoms with Gasteiger partial charge in [-0.2, -0.15) is 10.5 Å². The van der Waals surface area contributed by atoms with E-state index in [2.05, 4.69) is 9.97 Å². The summed E-state index contributed by atoms with van der Waals surface area (Å²) in [5, 5.41) is 18.6. The number of aromatic nitrogens is 4. The summed E-state index contributed by atoms with van der Waals surface area (Å²) in [6, 6.07) is 3.95. The Hall–Kier alpha value is -3.52. The van der Waals surface area contributed by atoms with Gasteiger partial charge in [0.15, 0.2) is 11.0 Å². The van der Waals surface area contributed by atoms with Crippen LogP contribution in [-0.4, -0.2) is 19.1 Å². The molecule has 8 heteroatoms. The Balaban J connectivity index is 2.64. The third kappa shape index (κ3) is 2.05. The summed E-state index contributed by atoms with van der Waals surface area (Å²) < 4.78 is 2.70. The van der Waals surface area contributed by atoms with Gasteiger partial charge < -0.3 is 9.13 Å². The summed E-state index contributed by atoms with van der Waals surface area (Å²) in [4.78, 5) is 33.4. The van der Waals surface area contributed by atoms with E-state index in [1.54, 1.807) is 13.8 Å². The second kappa shape index (κ2) is 5.60. The van der Waals surface area contributed by atoms with Crippen molar-refractivity contribution >= 4 is 22.1 Å². The first-order chi connectivity index (χ1) is 11.5. The van der Waals surface area contributed by atoms with Crippen molar-refractivity contribution in [3.8, 4) is 12.1 Å². The predicted octanol–water partition coefficient (Wildman–Crippen LogP) is 0.890. The summed E-state index contributed by atoms with van der Waals surface area (Å²) in [6.45, 7) is 4.27. The van der Waals surface area contributed by atoms with Crippen LogP contribution in [0, 0.1) is 22.7 Å². The molecule has 0 aliphatic carbocycles. The van der Waals surface area contributed by atoms with Gasteiger partial charge in [-0.05, 0) is 13.8 Å². The highest BCUT2D eigenvalue weighted by Gasteiger charge is 2.17. The van der Waals surface area contributed by atoms with Crippen molar-refractivity contribution in [1.82, 2.24) is 19.1 Å². The van der Waals surface area contributed by atoms with E-state index in [-0.39, 0.29) is 33.2 Å². The maximum atomic E-state index is 12.5. The number of nitriles is 2. The molecule has 0 aliphatic heterocycles. The summed E-state index contributed by atoms with van der Waals surface area (Å²) in [5.41, 5.74) is -0.392. The number of hydrogen-bond acceptors (Lipinski definition) is 6. The van der Waals surface area contributed by atoms with E-state index in [9.17, 15) is 20.1 Å². The second-order valence-corrected chi connectivity index (χ2v) is 5.11. The molecule has 0 fully saturated rings. The number of aryl methyl sites for hydroxylation is 2. The Morgan fingerprint density at radius 2 is 1.21 bits per heavy atom. The third-order valence-corrected chi connectivity index (χ3v) is 3.83. The van der Waals surface area contributed by atoms with Gasteiger partial charge in [-0.3, -0.25) is 9.59 Å². The van der Waals surface area contributed by atoms with E-state index in [0.29, 0.717) is 13.1 Å². The molecule has 0 radical (unpaired) electrons. The molecule has 3 aromatic rings. The van der Waals surface area contributed by atoms with Gasteiger partial charge >= 0.3 is 0 Å². The van der Waals surface area contributed by atoms with E-state index in [0.717, 1.165) is 0 Å². The number of nitrogens with zero attached hydrogens (tertiary/aromatic N) is 6. The van der Waals surface area contributed by atoms with Crippen molar-refractivity contribution in [3.05, 3.63) is 44.2 Å². The Labute approximate surface area is 135 Å². The highest BCUT2D eigenvalue weighted by atomic mass is 16.1. The predicted molar refractivity (Wildman–Crippen MR) is 86.3 cm³/mol. The average molecular weight is 320 g/mol. The zero-order chi connectivity index (χ0) is 17.4. The molecular formula is C16H12N6O2. The Morgan fingerprint density at radius 1 is 0.833 bits per heavy atom. The quantitative estimate of drug-likeness (QED) is 0.647. The molecule has 3 heterocycles. The molecule has 0 amide bonds. The number of fused-ring (bicyclic) bond motifs is 2. The lowest BCUT2D eigenvalue weighted by atomic mass is 10.2. The summed E-state index contributed by atoms with van der Waals surface area (Å²) in [7, 11) is 0. The molecule has 0 spiro atoms. The lowest BCUT2D eigenvalue weighted by molar-refractivity contribution is 0.727. The van der Waals surface area contributed by atoms with Gasteiger partial charge in [0, 0.05) is 25.5 Å². The third-order valence-electron chi connectivity index (χ3n) is 3.83. The minimum absolute atomic E-state index is 0.0199. The summed E-state index contributed by atoms with van der Waals surface area (Å²) in [5.74, 6) is 0. The van der Waals surface area contributed by atoms with Gasteiger partial charge in [-0.15, -0.1) is 0 Å². The lowest BCUT2D eigenvalue weighted by Gasteiger charge is -2.09. The molecule has 0 N–H and O–H groups in total. The van der Waals surface area contributed by atoms with Gasteiger partial charge in [-0.1, -0.05) is 0 Å². The minimum Gasteiger partial charge on any atom is -0.312 e. The Kier molecular flexibility index (Phi) is 3.59. The van der Waals surface area contributed by atoms with Gasteiger partial charge in [-0.25, -0.2) is 9.97 Å². The molecule has 3 aromatic heterocycles. The number of pyridine rings is 2. The van der Waals surface area contributed by atoms with E-state index < -0.39 is 11.1 Å². The van der Waals surface area contributed by atoms with Crippen LogP contribution in [0.1, 0.15) is 25.0 Å². The molecule has 3 rings (SSSR count). The van der Waals surface area contributed by atoms with Crippen LogP contribution in [0.4, 0.5) is 0 Å². The normalized spacial score (nSPS) is 10.7. The van der Waals surface area contributed by atoms with Crippen molar-refractivity contribution in [3.63, 3.8) is 0 Å². The van der Waals surface area contributed by atoms with Crippen molar-refractivity contribution in [2.45, 2.75) is 26.9 Å². The Morgan fingerprint density at radius 3 is 1.50 bits per heavy atom. The second-order valence-electron chi connectivity index (χ2n) is 5.11. The fourth-order valence-electron chi connectivity index (χ4n) is 2.57. The van der Waals surface area contributed by atoms with Crippen molar-refractivity contribution in [1.29, 1.82) is 10.5 Å². The molecule has 0 atom stereocenters. The summed E-state index contributed by atoms with van der Waals surface area (Å²) >= 11 is 0. The SMILES string of the molecule is CCn1cc(C#N)c2nc3c(=O)n(CC)cc(C#N)c3nc2c1=O. The zero-order valence-electron chi connectivity index (χ0n) is 13.1. The smallest absolute Gasteiger partial charge is 0.278 e. The fraction of sp³-hybridized carbons (Fsp3) is 0.250. The molecular weight excluding hydrogens is 308 g/mol. The fourth-order valence-corrected chi connectivity index (χ4v) is 2.57. The molecule has 24 heavy (non-hydrogen) atoms. The summed E-state index contributed by atoms with van der Waals surface area (Å²) in [6.07, 6.45) is 2.80. The van der Waals surface area contributed by atoms with Crippen LogP contribution in [0.25, 0.3) is 22.1 Å².